The summed E-state index contributed by atoms with van der Waals surface area (Å²) in [5, 5.41) is 3.03. The van der Waals surface area contributed by atoms with E-state index in [2.05, 4.69) is 27.1 Å². The van der Waals surface area contributed by atoms with Crippen LogP contribution < -0.4 is 10.2 Å². The van der Waals surface area contributed by atoms with Crippen molar-refractivity contribution >= 4 is 11.7 Å². The van der Waals surface area contributed by atoms with Crippen molar-refractivity contribution in [3.05, 3.63) is 42.5 Å². The molecule has 1 amide bonds. The van der Waals surface area contributed by atoms with Crippen LogP contribution in [0.25, 0.3) is 11.3 Å². The van der Waals surface area contributed by atoms with Crippen molar-refractivity contribution in [2.45, 2.75) is 32.6 Å². The molecule has 0 bridgehead atoms. The summed E-state index contributed by atoms with van der Waals surface area (Å²) < 4.78 is 13.1. The van der Waals surface area contributed by atoms with Crippen molar-refractivity contribution in [1.82, 2.24) is 15.3 Å². The highest BCUT2D eigenvalue weighted by atomic mass is 19.1. The SMILES string of the molecule is CCCCNC(=O)C1CCN(c2cc(-c3ccc(F)cc3)ncn2)CC1. The third-order valence-corrected chi connectivity index (χ3v) is 4.81. The summed E-state index contributed by atoms with van der Waals surface area (Å²) in [6.07, 6.45) is 5.31. The number of piperidine rings is 1. The molecule has 1 aromatic heterocycles. The topological polar surface area (TPSA) is 58.1 Å². The minimum absolute atomic E-state index is 0.0847. The molecule has 6 heteroatoms. The average molecular weight is 356 g/mol. The Morgan fingerprint density at radius 1 is 1.23 bits per heavy atom. The summed E-state index contributed by atoms with van der Waals surface area (Å²) in [4.78, 5) is 23.1. The molecular weight excluding hydrogens is 331 g/mol. The molecule has 1 aliphatic rings. The largest absolute Gasteiger partial charge is 0.356 e. The van der Waals surface area contributed by atoms with Crippen LogP contribution >= 0.6 is 0 Å². The smallest absolute Gasteiger partial charge is 0.223 e. The van der Waals surface area contributed by atoms with E-state index in [0.717, 1.165) is 62.4 Å². The molecule has 2 aromatic rings. The van der Waals surface area contributed by atoms with Crippen LogP contribution in [0.15, 0.2) is 36.7 Å². The maximum absolute atomic E-state index is 13.1. The van der Waals surface area contributed by atoms with Crippen LogP contribution in [0.4, 0.5) is 10.2 Å². The number of nitrogens with one attached hydrogen (secondary N) is 1. The highest BCUT2D eigenvalue weighted by Crippen LogP contribution is 2.25. The normalized spacial score (nSPS) is 15.1. The molecule has 1 aliphatic heterocycles. The van der Waals surface area contributed by atoms with Gasteiger partial charge < -0.3 is 10.2 Å². The Kier molecular flexibility index (Phi) is 6.15. The number of anilines is 1. The molecule has 138 valence electrons. The molecule has 0 unspecified atom stereocenters. The van der Waals surface area contributed by atoms with E-state index in [1.54, 1.807) is 12.1 Å². The van der Waals surface area contributed by atoms with Crippen LogP contribution in [0, 0.1) is 11.7 Å². The Morgan fingerprint density at radius 3 is 2.65 bits per heavy atom. The van der Waals surface area contributed by atoms with E-state index in [0.29, 0.717) is 0 Å². The summed E-state index contributed by atoms with van der Waals surface area (Å²) in [5.74, 6) is 0.848. The van der Waals surface area contributed by atoms with Crippen molar-refractivity contribution < 1.29 is 9.18 Å². The van der Waals surface area contributed by atoms with E-state index < -0.39 is 0 Å². The van der Waals surface area contributed by atoms with Gasteiger partial charge in [-0.2, -0.15) is 0 Å². The molecule has 1 N–H and O–H groups in total. The number of amides is 1. The Hall–Kier alpha value is -2.50. The van der Waals surface area contributed by atoms with Crippen LogP contribution in [0.3, 0.4) is 0 Å². The lowest BCUT2D eigenvalue weighted by Gasteiger charge is -2.32. The number of unbranched alkanes of at least 4 members (excludes halogenated alkanes) is 1. The van der Waals surface area contributed by atoms with E-state index in [4.69, 9.17) is 0 Å². The molecule has 0 saturated carbocycles. The van der Waals surface area contributed by atoms with Gasteiger partial charge in [-0.05, 0) is 43.5 Å². The Morgan fingerprint density at radius 2 is 1.96 bits per heavy atom. The van der Waals surface area contributed by atoms with Gasteiger partial charge >= 0.3 is 0 Å². The molecule has 26 heavy (non-hydrogen) atoms. The summed E-state index contributed by atoms with van der Waals surface area (Å²) in [7, 11) is 0. The zero-order valence-electron chi connectivity index (χ0n) is 15.1. The van der Waals surface area contributed by atoms with Gasteiger partial charge in [0, 0.05) is 37.2 Å². The standard InChI is InChI=1S/C20H25FN4O/c1-2-3-10-22-20(26)16-8-11-25(12-9-16)19-13-18(23-14-24-19)15-4-6-17(21)7-5-15/h4-7,13-14,16H,2-3,8-12H2,1H3,(H,22,26). The molecule has 1 fully saturated rings. The van der Waals surface area contributed by atoms with Crippen molar-refractivity contribution in [3.8, 4) is 11.3 Å². The van der Waals surface area contributed by atoms with E-state index in [1.165, 1.54) is 18.5 Å². The Balaban J connectivity index is 1.60. The van der Waals surface area contributed by atoms with Gasteiger partial charge in [0.05, 0.1) is 5.69 Å². The van der Waals surface area contributed by atoms with Crippen LogP contribution in [-0.2, 0) is 4.79 Å². The van der Waals surface area contributed by atoms with E-state index in [-0.39, 0.29) is 17.6 Å². The molecule has 0 spiro atoms. The number of nitrogens with zero attached hydrogens (tertiary/aromatic N) is 3. The molecule has 3 rings (SSSR count). The van der Waals surface area contributed by atoms with Crippen molar-refractivity contribution in [2.24, 2.45) is 5.92 Å². The third kappa shape index (κ3) is 4.56. The van der Waals surface area contributed by atoms with Crippen LogP contribution in [-0.4, -0.2) is 35.5 Å². The van der Waals surface area contributed by atoms with Crippen molar-refractivity contribution in [3.63, 3.8) is 0 Å². The van der Waals surface area contributed by atoms with E-state index in [9.17, 15) is 9.18 Å². The van der Waals surface area contributed by atoms with Gasteiger partial charge in [0.25, 0.3) is 0 Å². The first-order valence-corrected chi connectivity index (χ1v) is 9.28. The zero-order chi connectivity index (χ0) is 18.4. The van der Waals surface area contributed by atoms with Crippen LogP contribution in [0.1, 0.15) is 32.6 Å². The summed E-state index contributed by atoms with van der Waals surface area (Å²) >= 11 is 0. The maximum Gasteiger partial charge on any atom is 0.223 e. The highest BCUT2D eigenvalue weighted by molar-refractivity contribution is 5.79. The molecule has 0 radical (unpaired) electrons. The van der Waals surface area contributed by atoms with Gasteiger partial charge in [0.1, 0.15) is 18.0 Å². The second kappa shape index (κ2) is 8.74. The predicted molar refractivity (Wildman–Crippen MR) is 100 cm³/mol. The van der Waals surface area contributed by atoms with Gasteiger partial charge in [0.2, 0.25) is 5.91 Å². The monoisotopic (exact) mass is 356 g/mol. The number of carbonyl (C=O) groups is 1. The minimum atomic E-state index is -0.262. The number of hydrogen-bond acceptors (Lipinski definition) is 4. The first kappa shape index (κ1) is 18.3. The first-order valence-electron chi connectivity index (χ1n) is 9.28. The van der Waals surface area contributed by atoms with Crippen LogP contribution in [0.5, 0.6) is 0 Å². The number of hydrogen-bond donors (Lipinski definition) is 1. The fourth-order valence-corrected chi connectivity index (χ4v) is 3.20. The Bertz CT molecular complexity index is 727. The van der Waals surface area contributed by atoms with Gasteiger partial charge in [0.15, 0.2) is 0 Å². The molecule has 0 atom stereocenters. The quantitative estimate of drug-likeness (QED) is 0.806. The van der Waals surface area contributed by atoms with Gasteiger partial charge in [-0.25, -0.2) is 14.4 Å². The number of benzene rings is 1. The highest BCUT2D eigenvalue weighted by Gasteiger charge is 2.25. The second-order valence-corrected chi connectivity index (χ2v) is 6.67. The number of rotatable bonds is 6. The van der Waals surface area contributed by atoms with Crippen LogP contribution in [0.2, 0.25) is 0 Å². The number of aromatic nitrogens is 2. The van der Waals surface area contributed by atoms with Gasteiger partial charge in [-0.15, -0.1) is 0 Å². The molecule has 0 aliphatic carbocycles. The van der Waals surface area contributed by atoms with E-state index in [1.807, 2.05) is 6.07 Å². The fraction of sp³-hybridized carbons (Fsp3) is 0.450. The van der Waals surface area contributed by atoms with Gasteiger partial charge in [-0.1, -0.05) is 13.3 Å². The number of carbonyl (C=O) groups excluding carboxylic acids is 1. The maximum atomic E-state index is 13.1. The lowest BCUT2D eigenvalue weighted by molar-refractivity contribution is -0.125. The lowest BCUT2D eigenvalue weighted by Crippen LogP contribution is -2.41. The van der Waals surface area contributed by atoms with Crippen molar-refractivity contribution in [1.29, 1.82) is 0 Å². The molecule has 5 nitrogen and oxygen atoms in total. The van der Waals surface area contributed by atoms with Crippen molar-refractivity contribution in [2.75, 3.05) is 24.5 Å². The lowest BCUT2D eigenvalue weighted by atomic mass is 9.96. The molecule has 1 aromatic carbocycles. The molecule has 2 heterocycles. The van der Waals surface area contributed by atoms with Gasteiger partial charge in [-0.3, -0.25) is 4.79 Å². The minimum Gasteiger partial charge on any atom is -0.356 e. The third-order valence-electron chi connectivity index (χ3n) is 4.81. The first-order chi connectivity index (χ1) is 12.7. The second-order valence-electron chi connectivity index (χ2n) is 6.67. The fourth-order valence-electron chi connectivity index (χ4n) is 3.20. The zero-order valence-corrected chi connectivity index (χ0v) is 15.1. The summed E-state index contributed by atoms with van der Waals surface area (Å²) in [5.41, 5.74) is 1.63. The predicted octanol–water partition coefficient (Wildman–Crippen LogP) is 3.42. The Labute approximate surface area is 153 Å². The number of halogens is 1. The average Bonchev–Trinajstić information content (AvgIpc) is 2.69. The molecule has 1 saturated heterocycles. The summed E-state index contributed by atoms with van der Waals surface area (Å²) in [6.45, 7) is 4.48. The summed E-state index contributed by atoms with van der Waals surface area (Å²) in [6, 6.07) is 8.22. The van der Waals surface area contributed by atoms with E-state index >= 15 is 0 Å². The molecular formula is C20H25FN4O.